The minimum absolute atomic E-state index is 0.0400. The molecule has 0 spiro atoms. The van der Waals surface area contributed by atoms with Crippen molar-refractivity contribution in [3.05, 3.63) is 53.7 Å². The van der Waals surface area contributed by atoms with Crippen molar-refractivity contribution in [1.82, 2.24) is 4.98 Å². The lowest BCUT2D eigenvalue weighted by Gasteiger charge is -2.23. The second kappa shape index (κ2) is 7.46. The van der Waals surface area contributed by atoms with E-state index in [4.69, 9.17) is 4.74 Å². The van der Waals surface area contributed by atoms with Crippen LogP contribution in [0.25, 0.3) is 0 Å². The van der Waals surface area contributed by atoms with E-state index in [0.717, 1.165) is 17.7 Å². The number of anilines is 1. The molecular formula is C18H21N3O. The van der Waals surface area contributed by atoms with E-state index >= 15 is 0 Å². The first-order valence-electron chi connectivity index (χ1n) is 7.40. The molecule has 0 saturated heterocycles. The second-order valence-electron chi connectivity index (χ2n) is 5.58. The standard InChI is InChI=1S/C18H21N3O/c1-13(2)11-16(15-8-4-5-9-17(15)22-3)21-18-14(12-19)7-6-10-20-18/h4-10,13,16H,11H2,1-3H3,(H,20,21). The van der Waals surface area contributed by atoms with Gasteiger partial charge in [0.25, 0.3) is 0 Å². The van der Waals surface area contributed by atoms with Crippen molar-refractivity contribution >= 4 is 5.82 Å². The second-order valence-corrected chi connectivity index (χ2v) is 5.58. The Morgan fingerprint density at radius 2 is 2.00 bits per heavy atom. The molecule has 0 bridgehead atoms. The summed E-state index contributed by atoms with van der Waals surface area (Å²) in [6.07, 6.45) is 2.61. The lowest BCUT2D eigenvalue weighted by Crippen LogP contribution is -2.16. The summed E-state index contributed by atoms with van der Waals surface area (Å²) < 4.78 is 5.48. The van der Waals surface area contributed by atoms with Gasteiger partial charge in [-0.3, -0.25) is 0 Å². The Morgan fingerprint density at radius 3 is 2.68 bits per heavy atom. The zero-order valence-corrected chi connectivity index (χ0v) is 13.2. The van der Waals surface area contributed by atoms with Crippen molar-refractivity contribution in [3.63, 3.8) is 0 Å². The summed E-state index contributed by atoms with van der Waals surface area (Å²) >= 11 is 0. The molecule has 2 rings (SSSR count). The molecule has 1 aromatic carbocycles. The topological polar surface area (TPSA) is 57.9 Å². The van der Waals surface area contributed by atoms with Gasteiger partial charge in [0.05, 0.1) is 18.7 Å². The number of nitriles is 1. The molecule has 0 amide bonds. The van der Waals surface area contributed by atoms with Gasteiger partial charge in [0.1, 0.15) is 17.6 Å². The average molecular weight is 295 g/mol. The van der Waals surface area contributed by atoms with Crippen molar-refractivity contribution in [2.75, 3.05) is 12.4 Å². The Balaban J connectivity index is 2.37. The average Bonchev–Trinajstić information content (AvgIpc) is 2.54. The van der Waals surface area contributed by atoms with Crippen LogP contribution in [0.5, 0.6) is 5.75 Å². The van der Waals surface area contributed by atoms with Crippen molar-refractivity contribution < 1.29 is 4.74 Å². The third-order valence-corrected chi connectivity index (χ3v) is 3.46. The van der Waals surface area contributed by atoms with E-state index in [1.165, 1.54) is 0 Å². The van der Waals surface area contributed by atoms with E-state index in [0.29, 0.717) is 17.3 Å². The van der Waals surface area contributed by atoms with Gasteiger partial charge in [-0.25, -0.2) is 4.98 Å². The number of hydrogen-bond acceptors (Lipinski definition) is 4. The summed E-state index contributed by atoms with van der Waals surface area (Å²) in [6, 6.07) is 13.7. The van der Waals surface area contributed by atoms with Gasteiger partial charge in [-0.05, 0) is 30.5 Å². The van der Waals surface area contributed by atoms with Crippen LogP contribution in [0.1, 0.15) is 37.4 Å². The number of benzene rings is 1. The van der Waals surface area contributed by atoms with Crippen molar-refractivity contribution in [1.29, 1.82) is 5.26 Å². The van der Waals surface area contributed by atoms with Gasteiger partial charge in [0, 0.05) is 11.8 Å². The van der Waals surface area contributed by atoms with Gasteiger partial charge < -0.3 is 10.1 Å². The molecule has 114 valence electrons. The molecule has 0 aliphatic rings. The number of aromatic nitrogens is 1. The summed E-state index contributed by atoms with van der Waals surface area (Å²) in [5.74, 6) is 1.95. The smallest absolute Gasteiger partial charge is 0.144 e. The highest BCUT2D eigenvalue weighted by Gasteiger charge is 2.19. The highest BCUT2D eigenvalue weighted by Crippen LogP contribution is 2.32. The highest BCUT2D eigenvalue weighted by atomic mass is 16.5. The number of pyridine rings is 1. The van der Waals surface area contributed by atoms with Gasteiger partial charge in [-0.1, -0.05) is 32.0 Å². The highest BCUT2D eigenvalue weighted by molar-refractivity contribution is 5.53. The van der Waals surface area contributed by atoms with E-state index < -0.39 is 0 Å². The molecular weight excluding hydrogens is 274 g/mol. The van der Waals surface area contributed by atoms with Gasteiger partial charge in [0.15, 0.2) is 0 Å². The maximum absolute atomic E-state index is 9.23. The Morgan fingerprint density at radius 1 is 1.23 bits per heavy atom. The fraction of sp³-hybridized carbons (Fsp3) is 0.333. The monoisotopic (exact) mass is 295 g/mol. The largest absolute Gasteiger partial charge is 0.496 e. The van der Waals surface area contributed by atoms with Crippen LogP contribution in [0.2, 0.25) is 0 Å². The molecule has 22 heavy (non-hydrogen) atoms. The van der Waals surface area contributed by atoms with Gasteiger partial charge >= 0.3 is 0 Å². The third kappa shape index (κ3) is 3.76. The molecule has 1 aromatic heterocycles. The summed E-state index contributed by atoms with van der Waals surface area (Å²) in [4.78, 5) is 4.30. The minimum Gasteiger partial charge on any atom is -0.496 e. The number of ether oxygens (including phenoxy) is 1. The number of hydrogen-bond donors (Lipinski definition) is 1. The molecule has 1 heterocycles. The molecule has 0 aliphatic heterocycles. The molecule has 4 nitrogen and oxygen atoms in total. The number of nitrogens with zero attached hydrogens (tertiary/aromatic N) is 2. The van der Waals surface area contributed by atoms with Gasteiger partial charge in [-0.2, -0.15) is 5.26 Å². The summed E-state index contributed by atoms with van der Waals surface area (Å²) in [5.41, 5.74) is 1.62. The third-order valence-electron chi connectivity index (χ3n) is 3.46. The van der Waals surface area contributed by atoms with E-state index in [1.807, 2.05) is 24.3 Å². The Bertz CT molecular complexity index is 661. The fourth-order valence-corrected chi connectivity index (χ4v) is 2.46. The molecule has 2 aromatic rings. The summed E-state index contributed by atoms with van der Waals surface area (Å²) in [5, 5.41) is 12.6. The van der Waals surface area contributed by atoms with Crippen molar-refractivity contribution in [2.24, 2.45) is 5.92 Å². The zero-order valence-electron chi connectivity index (χ0n) is 13.2. The van der Waals surface area contributed by atoms with Crippen LogP contribution < -0.4 is 10.1 Å². The first-order chi connectivity index (χ1) is 10.7. The Kier molecular flexibility index (Phi) is 5.37. The maximum Gasteiger partial charge on any atom is 0.144 e. The Labute approximate surface area is 131 Å². The van der Waals surface area contributed by atoms with E-state index in [9.17, 15) is 5.26 Å². The molecule has 1 unspecified atom stereocenters. The van der Waals surface area contributed by atoms with Crippen LogP contribution in [-0.4, -0.2) is 12.1 Å². The molecule has 1 N–H and O–H groups in total. The van der Waals surface area contributed by atoms with Crippen LogP contribution >= 0.6 is 0 Å². The predicted octanol–water partition coefficient (Wildman–Crippen LogP) is 4.16. The van der Waals surface area contributed by atoms with Gasteiger partial charge in [-0.15, -0.1) is 0 Å². The van der Waals surface area contributed by atoms with Gasteiger partial charge in [0.2, 0.25) is 0 Å². The van der Waals surface area contributed by atoms with Crippen LogP contribution in [0.4, 0.5) is 5.82 Å². The van der Waals surface area contributed by atoms with E-state index in [2.05, 4.69) is 30.2 Å². The van der Waals surface area contributed by atoms with E-state index in [1.54, 1.807) is 25.4 Å². The lowest BCUT2D eigenvalue weighted by atomic mass is 9.96. The van der Waals surface area contributed by atoms with Crippen LogP contribution in [0.3, 0.4) is 0 Å². The minimum atomic E-state index is 0.0400. The molecule has 1 atom stereocenters. The summed E-state index contributed by atoms with van der Waals surface area (Å²) in [6.45, 7) is 4.35. The molecule has 4 heteroatoms. The van der Waals surface area contributed by atoms with E-state index in [-0.39, 0.29) is 6.04 Å². The number of rotatable bonds is 6. The summed E-state index contributed by atoms with van der Waals surface area (Å²) in [7, 11) is 1.67. The molecule has 0 aliphatic carbocycles. The Hall–Kier alpha value is -2.54. The molecule has 0 saturated carbocycles. The zero-order chi connectivity index (χ0) is 15.9. The SMILES string of the molecule is COc1ccccc1C(CC(C)C)Nc1ncccc1C#N. The quantitative estimate of drug-likeness (QED) is 0.869. The first kappa shape index (κ1) is 15.8. The normalized spacial score (nSPS) is 11.8. The number of para-hydroxylation sites is 1. The maximum atomic E-state index is 9.23. The molecule has 0 radical (unpaired) electrons. The first-order valence-corrected chi connectivity index (χ1v) is 7.40. The van der Waals surface area contributed by atoms with Crippen LogP contribution in [0, 0.1) is 17.2 Å². The number of methoxy groups -OCH3 is 1. The lowest BCUT2D eigenvalue weighted by molar-refractivity contribution is 0.402. The van der Waals surface area contributed by atoms with Crippen LogP contribution in [0.15, 0.2) is 42.6 Å². The molecule has 0 fully saturated rings. The van der Waals surface area contributed by atoms with Crippen molar-refractivity contribution in [3.8, 4) is 11.8 Å². The fourth-order valence-electron chi connectivity index (χ4n) is 2.46. The number of nitrogens with one attached hydrogen (secondary N) is 1. The van der Waals surface area contributed by atoms with Crippen molar-refractivity contribution in [2.45, 2.75) is 26.3 Å². The predicted molar refractivity (Wildman–Crippen MR) is 87.8 cm³/mol. The van der Waals surface area contributed by atoms with Crippen LogP contribution in [-0.2, 0) is 0 Å².